The smallest absolute Gasteiger partial charge is 0.150 e. The Bertz CT molecular complexity index is 273. The lowest BCUT2D eigenvalue weighted by Gasteiger charge is -2.10. The number of nitrogens with zero attached hydrogens (tertiary/aromatic N) is 3. The summed E-state index contributed by atoms with van der Waals surface area (Å²) >= 11 is 0. The average Bonchev–Trinajstić information content (AvgIpc) is 2.43. The highest BCUT2D eigenvalue weighted by Crippen LogP contribution is 2.16. The van der Waals surface area contributed by atoms with Crippen LogP contribution in [0.5, 0.6) is 0 Å². The van der Waals surface area contributed by atoms with Crippen LogP contribution in [0.4, 0.5) is 0 Å². The van der Waals surface area contributed by atoms with Gasteiger partial charge in [0, 0.05) is 13.5 Å². The first-order valence-corrected chi connectivity index (χ1v) is 5.40. The van der Waals surface area contributed by atoms with Gasteiger partial charge in [0.2, 0.25) is 0 Å². The second kappa shape index (κ2) is 4.55. The molecule has 2 rings (SSSR count). The Morgan fingerprint density at radius 2 is 2.43 bits per heavy atom. The number of hydrogen-bond donors (Lipinski definition) is 1. The van der Waals surface area contributed by atoms with Gasteiger partial charge >= 0.3 is 0 Å². The van der Waals surface area contributed by atoms with Crippen molar-refractivity contribution in [3.8, 4) is 0 Å². The largest absolute Gasteiger partial charge is 0.317 e. The third kappa shape index (κ3) is 2.54. The van der Waals surface area contributed by atoms with Crippen LogP contribution in [-0.4, -0.2) is 27.9 Å². The molecule has 1 saturated heterocycles. The number of nitrogens with one attached hydrogen (secondary N) is 1. The van der Waals surface area contributed by atoms with Crippen LogP contribution in [0, 0.1) is 5.92 Å². The third-order valence-corrected chi connectivity index (χ3v) is 2.81. The fraction of sp³-hybridized carbons (Fsp3) is 0.800. The third-order valence-electron chi connectivity index (χ3n) is 2.81. The zero-order chi connectivity index (χ0) is 9.80. The molecule has 1 fully saturated rings. The summed E-state index contributed by atoms with van der Waals surface area (Å²) in [5, 5.41) is 7.74. The maximum Gasteiger partial charge on any atom is 0.150 e. The Morgan fingerprint density at radius 3 is 3.21 bits per heavy atom. The van der Waals surface area contributed by atoms with E-state index in [9.17, 15) is 0 Å². The highest BCUT2D eigenvalue weighted by atomic mass is 15.3. The van der Waals surface area contributed by atoms with E-state index in [4.69, 9.17) is 0 Å². The van der Waals surface area contributed by atoms with Crippen molar-refractivity contribution in [2.45, 2.75) is 25.7 Å². The van der Waals surface area contributed by atoms with Gasteiger partial charge in [0.25, 0.3) is 0 Å². The molecule has 1 aromatic heterocycles. The lowest BCUT2D eigenvalue weighted by molar-refractivity contribution is 0.458. The molecule has 4 heteroatoms. The van der Waals surface area contributed by atoms with Crippen molar-refractivity contribution in [1.82, 2.24) is 20.1 Å². The molecule has 0 radical (unpaired) electrons. The van der Waals surface area contributed by atoms with Gasteiger partial charge in [0.15, 0.2) is 5.82 Å². The fourth-order valence-corrected chi connectivity index (χ4v) is 2.03. The predicted octanol–water partition coefficient (Wildman–Crippen LogP) is 0.747. The summed E-state index contributed by atoms with van der Waals surface area (Å²) in [5.74, 6) is 1.77. The first kappa shape index (κ1) is 9.65. The number of rotatable bonds is 2. The molecule has 1 aliphatic rings. The molecule has 78 valence electrons. The second-order valence-corrected chi connectivity index (χ2v) is 4.09. The molecule has 1 aromatic rings. The standard InChI is InChI=1S/C10H18N4/c1-14-8-12-10(13-14)7-9-3-2-5-11-6-4-9/h8-9,11H,2-7H2,1H3. The highest BCUT2D eigenvalue weighted by molar-refractivity contribution is 4.85. The minimum absolute atomic E-state index is 0.771. The molecule has 1 aliphatic heterocycles. The molecule has 14 heavy (non-hydrogen) atoms. The van der Waals surface area contributed by atoms with Gasteiger partial charge < -0.3 is 5.32 Å². The molecule has 0 bridgehead atoms. The van der Waals surface area contributed by atoms with Crippen molar-refractivity contribution < 1.29 is 0 Å². The van der Waals surface area contributed by atoms with E-state index < -0.39 is 0 Å². The monoisotopic (exact) mass is 194 g/mol. The summed E-state index contributed by atoms with van der Waals surface area (Å²) in [7, 11) is 1.92. The summed E-state index contributed by atoms with van der Waals surface area (Å²) < 4.78 is 1.78. The van der Waals surface area contributed by atoms with Crippen LogP contribution < -0.4 is 5.32 Å². The fourth-order valence-electron chi connectivity index (χ4n) is 2.03. The molecule has 1 unspecified atom stereocenters. The van der Waals surface area contributed by atoms with E-state index in [1.807, 2.05) is 7.05 Å². The molecule has 0 aromatic carbocycles. The van der Waals surface area contributed by atoms with E-state index >= 15 is 0 Å². The molecule has 0 spiro atoms. The minimum atomic E-state index is 0.771. The maximum absolute atomic E-state index is 4.32. The van der Waals surface area contributed by atoms with Gasteiger partial charge in [-0.1, -0.05) is 0 Å². The van der Waals surface area contributed by atoms with Crippen LogP contribution in [0.25, 0.3) is 0 Å². The number of aromatic nitrogens is 3. The molecular weight excluding hydrogens is 176 g/mol. The van der Waals surface area contributed by atoms with E-state index in [0.29, 0.717) is 0 Å². The lowest BCUT2D eigenvalue weighted by Crippen LogP contribution is -2.14. The van der Waals surface area contributed by atoms with Gasteiger partial charge in [-0.3, -0.25) is 4.68 Å². The topological polar surface area (TPSA) is 42.7 Å². The summed E-state index contributed by atoms with van der Waals surface area (Å²) in [6.07, 6.45) is 6.69. The van der Waals surface area contributed by atoms with Crippen molar-refractivity contribution in [3.63, 3.8) is 0 Å². The lowest BCUT2D eigenvalue weighted by atomic mass is 9.97. The van der Waals surface area contributed by atoms with Gasteiger partial charge in [-0.15, -0.1) is 0 Å². The van der Waals surface area contributed by atoms with Crippen molar-refractivity contribution in [3.05, 3.63) is 12.2 Å². The molecule has 1 atom stereocenters. The summed E-state index contributed by atoms with van der Waals surface area (Å²) in [4.78, 5) is 4.27. The summed E-state index contributed by atoms with van der Waals surface area (Å²) in [5.41, 5.74) is 0. The van der Waals surface area contributed by atoms with Crippen molar-refractivity contribution in [2.75, 3.05) is 13.1 Å². The van der Waals surface area contributed by atoms with Crippen molar-refractivity contribution in [2.24, 2.45) is 13.0 Å². The van der Waals surface area contributed by atoms with Gasteiger partial charge in [-0.2, -0.15) is 5.10 Å². The van der Waals surface area contributed by atoms with Gasteiger partial charge in [-0.05, 0) is 38.3 Å². The molecule has 0 amide bonds. The van der Waals surface area contributed by atoms with E-state index in [0.717, 1.165) is 24.7 Å². The van der Waals surface area contributed by atoms with Crippen LogP contribution in [0.2, 0.25) is 0 Å². The van der Waals surface area contributed by atoms with Crippen LogP contribution >= 0.6 is 0 Å². The van der Waals surface area contributed by atoms with E-state index in [-0.39, 0.29) is 0 Å². The normalized spacial score (nSPS) is 23.4. The predicted molar refractivity (Wildman–Crippen MR) is 54.9 cm³/mol. The Kier molecular flexibility index (Phi) is 3.14. The van der Waals surface area contributed by atoms with Crippen molar-refractivity contribution >= 4 is 0 Å². The van der Waals surface area contributed by atoms with Crippen molar-refractivity contribution in [1.29, 1.82) is 0 Å². The zero-order valence-electron chi connectivity index (χ0n) is 8.74. The van der Waals surface area contributed by atoms with Gasteiger partial charge in [0.1, 0.15) is 6.33 Å². The van der Waals surface area contributed by atoms with Gasteiger partial charge in [-0.25, -0.2) is 4.98 Å². The second-order valence-electron chi connectivity index (χ2n) is 4.09. The van der Waals surface area contributed by atoms with Crippen LogP contribution in [0.3, 0.4) is 0 Å². The molecular formula is C10H18N4. The van der Waals surface area contributed by atoms with Crippen LogP contribution in [0.15, 0.2) is 6.33 Å². The van der Waals surface area contributed by atoms with Crippen LogP contribution in [-0.2, 0) is 13.5 Å². The van der Waals surface area contributed by atoms with Gasteiger partial charge in [0.05, 0.1) is 0 Å². The molecule has 2 heterocycles. The Labute approximate surface area is 84.7 Å². The summed E-state index contributed by atoms with van der Waals surface area (Å²) in [6, 6.07) is 0. The van der Waals surface area contributed by atoms with E-state index in [1.165, 1.54) is 25.8 Å². The number of aryl methyl sites for hydroxylation is 1. The SMILES string of the molecule is Cn1cnc(CC2CCCNCC2)n1. The Balaban J connectivity index is 1.89. The average molecular weight is 194 g/mol. The Morgan fingerprint density at radius 1 is 1.50 bits per heavy atom. The molecule has 1 N–H and O–H groups in total. The first-order valence-electron chi connectivity index (χ1n) is 5.40. The first-order chi connectivity index (χ1) is 6.84. The molecule has 0 saturated carbocycles. The quantitative estimate of drug-likeness (QED) is 0.755. The highest BCUT2D eigenvalue weighted by Gasteiger charge is 2.14. The summed E-state index contributed by atoms with van der Waals surface area (Å²) in [6.45, 7) is 2.32. The molecule has 0 aliphatic carbocycles. The minimum Gasteiger partial charge on any atom is -0.317 e. The van der Waals surface area contributed by atoms with E-state index in [2.05, 4.69) is 15.4 Å². The molecule has 4 nitrogen and oxygen atoms in total. The maximum atomic E-state index is 4.32. The van der Waals surface area contributed by atoms with Crippen LogP contribution in [0.1, 0.15) is 25.1 Å². The Hall–Kier alpha value is -0.900. The number of hydrogen-bond acceptors (Lipinski definition) is 3. The zero-order valence-corrected chi connectivity index (χ0v) is 8.74. The van der Waals surface area contributed by atoms with E-state index in [1.54, 1.807) is 11.0 Å².